The maximum Gasteiger partial charge on any atom is -0.00197 e. The Labute approximate surface area is 136 Å². The molecule has 4 aliphatic rings. The Morgan fingerprint density at radius 1 is 0.955 bits per heavy atom. The van der Waals surface area contributed by atoms with Crippen molar-refractivity contribution in [2.75, 3.05) is 0 Å². The Morgan fingerprint density at radius 2 is 1.95 bits per heavy atom. The minimum atomic E-state index is 0.541. The highest BCUT2D eigenvalue weighted by molar-refractivity contribution is 5.31. The number of hydrogen-bond acceptors (Lipinski definition) is 0. The van der Waals surface area contributed by atoms with Crippen LogP contribution in [0.4, 0.5) is 0 Å². The summed E-state index contributed by atoms with van der Waals surface area (Å²) in [6.45, 7) is 0. The summed E-state index contributed by atoms with van der Waals surface area (Å²) in [7, 11) is 0. The lowest BCUT2D eigenvalue weighted by atomic mass is 9.59. The molecule has 2 saturated carbocycles. The highest BCUT2D eigenvalue weighted by Gasteiger charge is 2.50. The van der Waals surface area contributed by atoms with Crippen LogP contribution in [-0.4, -0.2) is 0 Å². The molecule has 0 aromatic rings. The normalized spacial score (nSPS) is 38.2. The van der Waals surface area contributed by atoms with Gasteiger partial charge < -0.3 is 0 Å². The van der Waals surface area contributed by atoms with Crippen LogP contribution in [0.15, 0.2) is 47.6 Å². The van der Waals surface area contributed by atoms with Crippen molar-refractivity contribution in [2.24, 2.45) is 17.3 Å². The van der Waals surface area contributed by atoms with Gasteiger partial charge in [-0.1, -0.05) is 47.6 Å². The summed E-state index contributed by atoms with van der Waals surface area (Å²) >= 11 is 0. The first-order chi connectivity index (χ1) is 10.9. The van der Waals surface area contributed by atoms with Crippen LogP contribution in [0.2, 0.25) is 0 Å². The molecule has 0 amide bonds. The number of fused-ring (bicyclic) bond motifs is 2. The van der Waals surface area contributed by atoms with Crippen molar-refractivity contribution in [3.05, 3.63) is 47.6 Å². The Bertz CT molecular complexity index is 530. The van der Waals surface area contributed by atoms with Crippen molar-refractivity contribution in [1.82, 2.24) is 0 Å². The van der Waals surface area contributed by atoms with Gasteiger partial charge in [0.25, 0.3) is 0 Å². The first kappa shape index (κ1) is 14.5. The molecular weight excluding hydrogens is 264 g/mol. The third kappa shape index (κ3) is 2.55. The largest absolute Gasteiger partial charge is 0.0879 e. The summed E-state index contributed by atoms with van der Waals surface area (Å²) < 4.78 is 0. The van der Waals surface area contributed by atoms with Gasteiger partial charge in [-0.2, -0.15) is 0 Å². The molecule has 0 heterocycles. The average molecular weight is 294 g/mol. The van der Waals surface area contributed by atoms with E-state index in [0.29, 0.717) is 5.41 Å². The summed E-state index contributed by atoms with van der Waals surface area (Å²) in [5.41, 5.74) is 4.16. The zero-order valence-electron chi connectivity index (χ0n) is 13.9. The fourth-order valence-corrected chi connectivity index (χ4v) is 5.78. The predicted molar refractivity (Wildman–Crippen MR) is 94.6 cm³/mol. The Balaban J connectivity index is 1.68. The quantitative estimate of drug-likeness (QED) is 0.509. The third-order valence-electron chi connectivity index (χ3n) is 6.80. The number of allylic oxidation sites excluding steroid dienone is 8. The fourth-order valence-electron chi connectivity index (χ4n) is 5.78. The predicted octanol–water partition coefficient (Wildman–Crippen LogP) is 6.52. The van der Waals surface area contributed by atoms with Gasteiger partial charge in [0, 0.05) is 0 Å². The van der Waals surface area contributed by atoms with Crippen molar-refractivity contribution < 1.29 is 0 Å². The average Bonchev–Trinajstić information content (AvgIpc) is 2.82. The van der Waals surface area contributed by atoms with Crippen molar-refractivity contribution >= 4 is 0 Å². The van der Waals surface area contributed by atoms with Crippen molar-refractivity contribution in [2.45, 2.75) is 70.6 Å². The van der Waals surface area contributed by atoms with Crippen LogP contribution in [0.1, 0.15) is 70.6 Å². The van der Waals surface area contributed by atoms with E-state index in [9.17, 15) is 0 Å². The molecule has 0 spiro atoms. The van der Waals surface area contributed by atoms with E-state index in [4.69, 9.17) is 0 Å². The molecule has 0 saturated heterocycles. The monoisotopic (exact) mass is 294 g/mol. The van der Waals surface area contributed by atoms with Gasteiger partial charge in [-0.25, -0.2) is 0 Å². The van der Waals surface area contributed by atoms with Gasteiger partial charge in [0.2, 0.25) is 0 Å². The van der Waals surface area contributed by atoms with Crippen LogP contribution in [0, 0.1) is 17.3 Å². The molecule has 4 aliphatic carbocycles. The zero-order chi connectivity index (χ0) is 14.8. The van der Waals surface area contributed by atoms with Gasteiger partial charge in [-0.15, -0.1) is 0 Å². The summed E-state index contributed by atoms with van der Waals surface area (Å²) in [6.07, 6.45) is 29.7. The molecule has 0 aliphatic heterocycles. The summed E-state index contributed by atoms with van der Waals surface area (Å²) in [4.78, 5) is 0. The first-order valence-corrected chi connectivity index (χ1v) is 9.58. The van der Waals surface area contributed by atoms with Gasteiger partial charge >= 0.3 is 0 Å². The van der Waals surface area contributed by atoms with Crippen LogP contribution in [-0.2, 0) is 0 Å². The van der Waals surface area contributed by atoms with Crippen LogP contribution in [0.25, 0.3) is 0 Å². The van der Waals surface area contributed by atoms with Gasteiger partial charge in [-0.3, -0.25) is 0 Å². The van der Waals surface area contributed by atoms with Crippen molar-refractivity contribution in [3.8, 4) is 0 Å². The maximum absolute atomic E-state index is 2.61. The topological polar surface area (TPSA) is 0 Å². The van der Waals surface area contributed by atoms with Crippen LogP contribution >= 0.6 is 0 Å². The fraction of sp³-hybridized carbons (Fsp3) is 0.636. The molecule has 0 N–H and O–H groups in total. The van der Waals surface area contributed by atoms with Gasteiger partial charge in [-0.05, 0) is 87.9 Å². The number of hydrogen-bond donors (Lipinski definition) is 0. The first-order valence-electron chi connectivity index (χ1n) is 9.58. The second-order valence-corrected chi connectivity index (χ2v) is 7.93. The van der Waals surface area contributed by atoms with E-state index in [1.807, 2.05) is 5.57 Å². The molecule has 0 heteroatoms. The van der Waals surface area contributed by atoms with Crippen LogP contribution in [0.5, 0.6) is 0 Å². The van der Waals surface area contributed by atoms with Crippen molar-refractivity contribution in [3.63, 3.8) is 0 Å². The van der Waals surface area contributed by atoms with E-state index in [1.165, 1.54) is 70.6 Å². The molecular formula is C22H30. The van der Waals surface area contributed by atoms with E-state index >= 15 is 0 Å². The van der Waals surface area contributed by atoms with Crippen LogP contribution < -0.4 is 0 Å². The highest BCUT2D eigenvalue weighted by atomic mass is 14.5. The summed E-state index contributed by atoms with van der Waals surface area (Å²) in [5, 5.41) is 0. The summed E-state index contributed by atoms with van der Waals surface area (Å²) in [6, 6.07) is 0. The Hall–Kier alpha value is -1.04. The minimum Gasteiger partial charge on any atom is -0.0879 e. The zero-order valence-corrected chi connectivity index (χ0v) is 13.9. The molecule has 3 unspecified atom stereocenters. The van der Waals surface area contributed by atoms with Gasteiger partial charge in [0.1, 0.15) is 0 Å². The van der Waals surface area contributed by atoms with E-state index in [0.717, 1.165) is 11.8 Å². The lowest BCUT2D eigenvalue weighted by Crippen LogP contribution is -2.35. The smallest absolute Gasteiger partial charge is 0.00197 e. The van der Waals surface area contributed by atoms with Crippen LogP contribution in [0.3, 0.4) is 0 Å². The molecule has 2 fully saturated rings. The lowest BCUT2D eigenvalue weighted by Gasteiger charge is -2.45. The highest BCUT2D eigenvalue weighted by Crippen LogP contribution is 2.61. The molecule has 2 bridgehead atoms. The third-order valence-corrected chi connectivity index (χ3v) is 6.80. The van der Waals surface area contributed by atoms with Gasteiger partial charge in [0.05, 0.1) is 0 Å². The molecule has 22 heavy (non-hydrogen) atoms. The SMILES string of the molecule is C1=CCCCC(C2CCC3CCC2(C2=CCC=CCC2)C3)=C1. The second-order valence-electron chi connectivity index (χ2n) is 7.93. The lowest BCUT2D eigenvalue weighted by molar-refractivity contribution is 0.174. The van der Waals surface area contributed by atoms with Crippen molar-refractivity contribution in [1.29, 1.82) is 0 Å². The molecule has 0 aromatic heterocycles. The minimum absolute atomic E-state index is 0.541. The molecule has 3 atom stereocenters. The molecule has 118 valence electrons. The van der Waals surface area contributed by atoms with E-state index in [2.05, 4.69) is 36.5 Å². The number of rotatable bonds is 2. The molecule has 0 nitrogen and oxygen atoms in total. The second kappa shape index (κ2) is 6.22. The van der Waals surface area contributed by atoms with E-state index < -0.39 is 0 Å². The molecule has 0 radical (unpaired) electrons. The Morgan fingerprint density at radius 3 is 2.95 bits per heavy atom. The molecule has 4 rings (SSSR count). The van der Waals surface area contributed by atoms with E-state index in [1.54, 1.807) is 5.57 Å². The molecule has 0 aromatic carbocycles. The van der Waals surface area contributed by atoms with E-state index in [-0.39, 0.29) is 0 Å². The Kier molecular flexibility index (Phi) is 4.11. The standard InChI is InChI=1S/C22H30/c1-2-6-10-19(9-5-1)21-14-13-18-15-16-22(21,17-18)20-11-7-3-4-8-12-20/h1,3-5,9,11,18,21H,2,6-8,10,12-17H2. The van der Waals surface area contributed by atoms with Gasteiger partial charge in [0.15, 0.2) is 0 Å². The summed E-state index contributed by atoms with van der Waals surface area (Å²) in [5.74, 6) is 1.87. The maximum atomic E-state index is 2.61.